The van der Waals surface area contributed by atoms with Gasteiger partial charge in [-0.1, -0.05) is 6.07 Å². The van der Waals surface area contributed by atoms with Gasteiger partial charge in [-0.15, -0.1) is 0 Å². The molecule has 1 N–H and O–H groups in total. The Morgan fingerprint density at radius 1 is 0.947 bits per heavy atom. The third-order valence-electron chi connectivity index (χ3n) is 6.56. The Hall–Kier alpha value is -4.28. The third-order valence-corrected chi connectivity index (χ3v) is 6.56. The van der Waals surface area contributed by atoms with Gasteiger partial charge >= 0.3 is 6.03 Å². The van der Waals surface area contributed by atoms with Gasteiger partial charge in [0.25, 0.3) is 5.91 Å². The molecule has 11 heteroatoms. The first-order valence-electron chi connectivity index (χ1n) is 11.6. The summed E-state index contributed by atoms with van der Waals surface area (Å²) < 4.78 is 66.4. The van der Waals surface area contributed by atoms with E-state index in [-0.39, 0.29) is 35.2 Å². The van der Waals surface area contributed by atoms with Gasteiger partial charge in [0.2, 0.25) is 0 Å². The van der Waals surface area contributed by atoms with E-state index in [4.69, 9.17) is 9.47 Å². The molecule has 0 fully saturated rings. The quantitative estimate of drug-likeness (QED) is 0.419. The van der Waals surface area contributed by atoms with E-state index in [1.54, 1.807) is 13.1 Å². The monoisotopic (exact) mass is 531 g/mol. The molecule has 0 saturated heterocycles. The van der Waals surface area contributed by atoms with Crippen molar-refractivity contribution in [1.82, 2.24) is 10.2 Å². The summed E-state index contributed by atoms with van der Waals surface area (Å²) >= 11 is 0. The van der Waals surface area contributed by atoms with Crippen molar-refractivity contribution in [3.05, 3.63) is 88.0 Å². The minimum absolute atomic E-state index is 0.106. The Kier molecular flexibility index (Phi) is 7.47. The molecule has 0 spiro atoms. The highest BCUT2D eigenvalue weighted by atomic mass is 19.1. The molecule has 0 bridgehead atoms. The van der Waals surface area contributed by atoms with Gasteiger partial charge in [-0.3, -0.25) is 9.69 Å². The largest absolute Gasteiger partial charge is 0.493 e. The molecule has 0 aliphatic carbocycles. The fourth-order valence-corrected chi connectivity index (χ4v) is 4.29. The lowest BCUT2D eigenvalue weighted by atomic mass is 9.98. The summed E-state index contributed by atoms with van der Waals surface area (Å²) in [6, 6.07) is 7.51. The van der Waals surface area contributed by atoms with Crippen LogP contribution in [0.1, 0.15) is 40.0 Å². The number of fused-ring (bicyclic) bond motifs is 1. The molecule has 1 unspecified atom stereocenters. The summed E-state index contributed by atoms with van der Waals surface area (Å²) in [5.41, 5.74) is 0.853. The zero-order valence-electron chi connectivity index (χ0n) is 21.1. The molecule has 1 atom stereocenters. The molecular weight excluding hydrogens is 506 g/mol. The van der Waals surface area contributed by atoms with Crippen LogP contribution in [0.4, 0.5) is 28.0 Å². The van der Waals surface area contributed by atoms with Crippen molar-refractivity contribution in [2.75, 3.05) is 26.2 Å². The van der Waals surface area contributed by atoms with Gasteiger partial charge in [0, 0.05) is 48.5 Å². The van der Waals surface area contributed by atoms with E-state index in [0.29, 0.717) is 23.4 Å². The molecule has 200 valence electrons. The topological polar surface area (TPSA) is 71.1 Å². The Morgan fingerprint density at radius 2 is 1.58 bits per heavy atom. The summed E-state index contributed by atoms with van der Waals surface area (Å²) in [5.74, 6) is -4.14. The number of ether oxygens (including phenoxy) is 2. The van der Waals surface area contributed by atoms with Crippen LogP contribution in [0.3, 0.4) is 0 Å². The van der Waals surface area contributed by atoms with Gasteiger partial charge in [-0.25, -0.2) is 22.4 Å². The maximum absolute atomic E-state index is 14.9. The average Bonchev–Trinajstić information content (AvgIpc) is 2.89. The number of methoxy groups -OCH3 is 2. The molecule has 3 aromatic carbocycles. The van der Waals surface area contributed by atoms with E-state index >= 15 is 0 Å². The smallest absolute Gasteiger partial charge is 0.325 e. The van der Waals surface area contributed by atoms with Gasteiger partial charge < -0.3 is 19.7 Å². The standard InChI is InChI=1S/C27H25F4N3O4/c1-14-18-6-5-15(26(35)32-12-19-21(30)9-17(28)10-22(19)31)7-23(18)34(27(36)33(14)2)13-16-8-24(37-3)25(38-4)11-20(16)29/h5-11,14H,12-13H2,1-4H3,(H,32,35). The molecule has 3 amide bonds. The van der Waals surface area contributed by atoms with Crippen molar-refractivity contribution < 1.29 is 36.6 Å². The molecule has 1 aliphatic rings. The first-order valence-corrected chi connectivity index (χ1v) is 11.6. The van der Waals surface area contributed by atoms with Crippen molar-refractivity contribution in [1.29, 1.82) is 0 Å². The molecule has 0 aromatic heterocycles. The number of nitrogens with zero attached hydrogens (tertiary/aromatic N) is 2. The fraction of sp³-hybridized carbons (Fsp3) is 0.259. The van der Waals surface area contributed by atoms with Crippen LogP contribution in [0, 0.1) is 23.3 Å². The molecule has 7 nitrogen and oxygen atoms in total. The fourth-order valence-electron chi connectivity index (χ4n) is 4.29. The molecular formula is C27H25F4N3O4. The molecule has 1 aliphatic heterocycles. The number of rotatable bonds is 7. The van der Waals surface area contributed by atoms with Gasteiger partial charge in [-0.05, 0) is 30.7 Å². The van der Waals surface area contributed by atoms with Crippen LogP contribution in [0.25, 0.3) is 0 Å². The second-order valence-electron chi connectivity index (χ2n) is 8.76. The highest BCUT2D eigenvalue weighted by molar-refractivity contribution is 5.99. The predicted molar refractivity (Wildman–Crippen MR) is 131 cm³/mol. The molecule has 0 saturated carbocycles. The molecule has 38 heavy (non-hydrogen) atoms. The van der Waals surface area contributed by atoms with Crippen LogP contribution in [0.2, 0.25) is 0 Å². The van der Waals surface area contributed by atoms with Crippen LogP contribution in [-0.2, 0) is 13.1 Å². The molecule has 3 aromatic rings. The molecule has 0 radical (unpaired) electrons. The normalized spacial score (nSPS) is 14.8. The van der Waals surface area contributed by atoms with Crippen molar-refractivity contribution >= 4 is 17.6 Å². The second kappa shape index (κ2) is 10.6. The Morgan fingerprint density at radius 3 is 2.21 bits per heavy atom. The van der Waals surface area contributed by atoms with E-state index in [0.717, 1.165) is 6.07 Å². The Labute approximate surface area is 216 Å². The minimum atomic E-state index is -1.13. The summed E-state index contributed by atoms with van der Waals surface area (Å²) in [4.78, 5) is 28.9. The maximum atomic E-state index is 14.9. The van der Waals surface area contributed by atoms with E-state index in [1.165, 1.54) is 42.2 Å². The van der Waals surface area contributed by atoms with Crippen molar-refractivity contribution in [3.63, 3.8) is 0 Å². The number of benzene rings is 3. The third kappa shape index (κ3) is 4.96. The zero-order chi connectivity index (χ0) is 27.7. The lowest BCUT2D eigenvalue weighted by Gasteiger charge is -2.39. The van der Waals surface area contributed by atoms with Crippen LogP contribution >= 0.6 is 0 Å². The van der Waals surface area contributed by atoms with E-state index in [2.05, 4.69) is 5.32 Å². The van der Waals surface area contributed by atoms with Crippen molar-refractivity contribution in [2.24, 2.45) is 0 Å². The van der Waals surface area contributed by atoms with Crippen LogP contribution in [0.15, 0.2) is 42.5 Å². The minimum Gasteiger partial charge on any atom is -0.493 e. The van der Waals surface area contributed by atoms with E-state index < -0.39 is 47.3 Å². The van der Waals surface area contributed by atoms with Crippen molar-refractivity contribution in [3.8, 4) is 11.5 Å². The van der Waals surface area contributed by atoms with Gasteiger partial charge in [0.05, 0.1) is 32.5 Å². The number of carbonyl (C=O) groups is 2. The number of urea groups is 1. The van der Waals surface area contributed by atoms with E-state index in [1.807, 2.05) is 6.92 Å². The highest BCUT2D eigenvalue weighted by Gasteiger charge is 2.34. The van der Waals surface area contributed by atoms with Crippen LogP contribution in [-0.4, -0.2) is 38.1 Å². The van der Waals surface area contributed by atoms with E-state index in [9.17, 15) is 27.2 Å². The zero-order valence-corrected chi connectivity index (χ0v) is 21.1. The number of nitrogens with one attached hydrogen (secondary N) is 1. The number of halogens is 4. The van der Waals surface area contributed by atoms with Crippen molar-refractivity contribution in [2.45, 2.75) is 26.1 Å². The lowest BCUT2D eigenvalue weighted by Crippen LogP contribution is -2.46. The first-order chi connectivity index (χ1) is 18.0. The molecule has 4 rings (SSSR count). The number of hydrogen-bond acceptors (Lipinski definition) is 4. The summed E-state index contributed by atoms with van der Waals surface area (Å²) in [5, 5.41) is 2.41. The number of amides is 3. The van der Waals surface area contributed by atoms with Gasteiger partial charge in [0.1, 0.15) is 23.3 Å². The number of anilines is 1. The average molecular weight is 532 g/mol. The maximum Gasteiger partial charge on any atom is 0.325 e. The SMILES string of the molecule is COc1cc(F)c(CN2C(=O)N(C)C(C)c3ccc(C(=O)NCc4c(F)cc(F)cc4F)cc32)cc1OC. The predicted octanol–water partition coefficient (Wildman–Crippen LogP) is 5.32. The van der Waals surface area contributed by atoms with Gasteiger partial charge in [-0.2, -0.15) is 0 Å². The Balaban J connectivity index is 1.66. The highest BCUT2D eigenvalue weighted by Crippen LogP contribution is 2.38. The number of hydrogen-bond donors (Lipinski definition) is 1. The number of carbonyl (C=O) groups excluding carboxylic acids is 2. The lowest BCUT2D eigenvalue weighted by molar-refractivity contribution is 0.0950. The summed E-state index contributed by atoms with van der Waals surface area (Å²) in [6.45, 7) is 1.11. The first kappa shape index (κ1) is 26.8. The molecule has 1 heterocycles. The van der Waals surface area contributed by atoms with Gasteiger partial charge in [0.15, 0.2) is 11.5 Å². The van der Waals surface area contributed by atoms with Crippen LogP contribution < -0.4 is 19.7 Å². The second-order valence-corrected chi connectivity index (χ2v) is 8.76. The van der Waals surface area contributed by atoms with Crippen LogP contribution in [0.5, 0.6) is 11.5 Å². The summed E-state index contributed by atoms with van der Waals surface area (Å²) in [6.07, 6.45) is 0. The Bertz CT molecular complexity index is 1390. The summed E-state index contributed by atoms with van der Waals surface area (Å²) in [7, 11) is 4.40.